The number of nitrogens with zero attached hydrogens (tertiary/aromatic N) is 2. The number of fused-ring (bicyclic) bond motifs is 1. The zero-order valence-electron chi connectivity index (χ0n) is 21.8. The standard InChI is InChI=1S/C25H25BF2N4O9/c1-3-31-10-11(2)32(23(36)22(31)35)25(39)30-19(13-7-8-15(33)18(28)17(13)27)21(34)29-16-9-12-5-4-6-14(24(37)38)20(12)41-26(16)40/h4-8,11,16,19,33,40H,3,9-10H2,1-2H3,(H,29,34)(H,30,39)(H,37,38)/t11?,16-,19?/m0/s1. The summed E-state index contributed by atoms with van der Waals surface area (Å²) in [6.07, 6.45) is -0.139. The van der Waals surface area contributed by atoms with Gasteiger partial charge in [0.2, 0.25) is 11.7 Å². The van der Waals surface area contributed by atoms with Gasteiger partial charge in [-0.15, -0.1) is 0 Å². The van der Waals surface area contributed by atoms with Gasteiger partial charge in [0.25, 0.3) is 0 Å². The number of halogens is 2. The number of carbonyl (C=O) groups is 5. The molecule has 0 saturated carbocycles. The van der Waals surface area contributed by atoms with E-state index < -0.39 is 77.8 Å². The van der Waals surface area contributed by atoms with Crippen LogP contribution in [0.2, 0.25) is 0 Å². The lowest BCUT2D eigenvalue weighted by atomic mass is 9.72. The molecule has 1 saturated heterocycles. The minimum absolute atomic E-state index is 0.00308. The first-order valence-corrected chi connectivity index (χ1v) is 12.5. The Morgan fingerprint density at radius 2 is 1.85 bits per heavy atom. The predicted octanol–water partition coefficient (Wildman–Crippen LogP) is 0.338. The summed E-state index contributed by atoms with van der Waals surface area (Å²) in [5.74, 6) is -10.4. The number of carboxylic acid groups (broad SMARTS) is 1. The third kappa shape index (κ3) is 5.50. The molecule has 0 bridgehead atoms. The molecule has 2 heterocycles. The number of hydrogen-bond acceptors (Lipinski definition) is 8. The van der Waals surface area contributed by atoms with Gasteiger partial charge in [-0.3, -0.25) is 19.3 Å². The van der Waals surface area contributed by atoms with Crippen LogP contribution in [0.25, 0.3) is 0 Å². The van der Waals surface area contributed by atoms with Gasteiger partial charge in [0, 0.05) is 18.7 Å². The number of phenolic OH excluding ortho intramolecular Hbond substituents is 1. The van der Waals surface area contributed by atoms with Gasteiger partial charge in [0.15, 0.2) is 11.6 Å². The van der Waals surface area contributed by atoms with Crippen LogP contribution in [0.15, 0.2) is 30.3 Å². The van der Waals surface area contributed by atoms with E-state index in [0.717, 1.165) is 12.1 Å². The minimum atomic E-state index is -2.02. The number of urea groups is 1. The van der Waals surface area contributed by atoms with Crippen molar-refractivity contribution in [1.29, 1.82) is 0 Å². The molecule has 3 atom stereocenters. The largest absolute Gasteiger partial charge is 0.547 e. The molecule has 41 heavy (non-hydrogen) atoms. The summed E-state index contributed by atoms with van der Waals surface area (Å²) in [5.41, 5.74) is -0.645. The van der Waals surface area contributed by atoms with E-state index in [-0.39, 0.29) is 30.8 Å². The van der Waals surface area contributed by atoms with Crippen molar-refractivity contribution < 1.29 is 52.6 Å². The van der Waals surface area contributed by atoms with E-state index in [1.165, 1.54) is 30.0 Å². The smallest absolute Gasteiger partial charge is 0.534 e. The van der Waals surface area contributed by atoms with Crippen molar-refractivity contribution in [3.8, 4) is 11.5 Å². The topological polar surface area (TPSA) is 186 Å². The Morgan fingerprint density at radius 1 is 1.15 bits per heavy atom. The van der Waals surface area contributed by atoms with Crippen LogP contribution in [-0.2, 0) is 20.8 Å². The molecule has 2 aromatic carbocycles. The number of aromatic hydroxyl groups is 1. The molecular weight excluding hydrogens is 549 g/mol. The molecule has 0 aromatic heterocycles. The lowest BCUT2D eigenvalue weighted by molar-refractivity contribution is -0.155. The number of likely N-dealkylation sites (N-methyl/N-ethyl adjacent to an activating group) is 1. The van der Waals surface area contributed by atoms with Crippen LogP contribution >= 0.6 is 0 Å². The molecule has 2 aromatic rings. The van der Waals surface area contributed by atoms with Gasteiger partial charge in [0.1, 0.15) is 11.8 Å². The Labute approximate surface area is 231 Å². The number of piperazine rings is 1. The predicted molar refractivity (Wildman–Crippen MR) is 135 cm³/mol. The Balaban J connectivity index is 1.63. The van der Waals surface area contributed by atoms with Crippen LogP contribution in [0.1, 0.15) is 41.4 Å². The maximum atomic E-state index is 14.9. The summed E-state index contributed by atoms with van der Waals surface area (Å²) >= 11 is 0. The first-order chi connectivity index (χ1) is 19.3. The number of nitrogens with one attached hydrogen (secondary N) is 2. The molecule has 0 spiro atoms. The summed E-state index contributed by atoms with van der Waals surface area (Å²) in [6, 6.07) is 1.67. The highest BCUT2D eigenvalue weighted by Crippen LogP contribution is 2.31. The second-order valence-corrected chi connectivity index (χ2v) is 9.48. The van der Waals surface area contributed by atoms with Crippen molar-refractivity contribution in [3.05, 3.63) is 58.7 Å². The summed E-state index contributed by atoms with van der Waals surface area (Å²) in [6.45, 7) is 3.31. The van der Waals surface area contributed by atoms with Gasteiger partial charge in [-0.1, -0.05) is 12.1 Å². The normalized spacial score (nSPS) is 19.3. The molecule has 5 N–H and O–H groups in total. The average molecular weight is 574 g/mol. The third-order valence-electron chi connectivity index (χ3n) is 6.82. The van der Waals surface area contributed by atoms with Crippen LogP contribution < -0.4 is 15.3 Å². The monoisotopic (exact) mass is 574 g/mol. The summed E-state index contributed by atoms with van der Waals surface area (Å²) < 4.78 is 34.5. The van der Waals surface area contributed by atoms with E-state index in [1.807, 2.05) is 0 Å². The summed E-state index contributed by atoms with van der Waals surface area (Å²) in [7, 11) is -1.77. The van der Waals surface area contributed by atoms with Gasteiger partial charge < -0.3 is 35.4 Å². The Hall–Kier alpha value is -4.73. The van der Waals surface area contributed by atoms with Crippen molar-refractivity contribution in [2.24, 2.45) is 0 Å². The first-order valence-electron chi connectivity index (χ1n) is 12.5. The van der Waals surface area contributed by atoms with Gasteiger partial charge in [-0.05, 0) is 44.0 Å². The maximum absolute atomic E-state index is 14.9. The zero-order chi connectivity index (χ0) is 30.2. The molecular formula is C25H25BF2N4O9. The van der Waals surface area contributed by atoms with Gasteiger partial charge in [-0.25, -0.2) is 14.0 Å². The van der Waals surface area contributed by atoms with Crippen molar-refractivity contribution in [2.45, 2.75) is 38.3 Å². The maximum Gasteiger partial charge on any atom is 0.547 e. The van der Waals surface area contributed by atoms with E-state index in [9.17, 15) is 48.0 Å². The number of aromatic carboxylic acids is 1. The number of hydrogen-bond donors (Lipinski definition) is 5. The molecule has 2 aliphatic heterocycles. The molecule has 2 unspecified atom stereocenters. The fourth-order valence-corrected chi connectivity index (χ4v) is 4.72. The van der Waals surface area contributed by atoms with Crippen LogP contribution in [0.3, 0.4) is 0 Å². The number of amides is 5. The highest BCUT2D eigenvalue weighted by molar-refractivity contribution is 6.47. The lowest BCUT2D eigenvalue weighted by Crippen LogP contribution is -2.63. The number of imide groups is 1. The van der Waals surface area contributed by atoms with Gasteiger partial charge in [-0.2, -0.15) is 4.39 Å². The highest BCUT2D eigenvalue weighted by atomic mass is 19.2. The number of carboxylic acids is 1. The molecule has 13 nitrogen and oxygen atoms in total. The first kappa shape index (κ1) is 29.3. The fraction of sp³-hybridized carbons (Fsp3) is 0.320. The van der Waals surface area contributed by atoms with E-state index in [1.54, 1.807) is 6.92 Å². The molecule has 216 valence electrons. The van der Waals surface area contributed by atoms with Crippen molar-refractivity contribution in [1.82, 2.24) is 20.4 Å². The minimum Gasteiger partial charge on any atom is -0.534 e. The molecule has 5 amide bonds. The van der Waals surface area contributed by atoms with Crippen LogP contribution in [0.5, 0.6) is 11.5 Å². The number of rotatable bonds is 6. The van der Waals surface area contributed by atoms with Gasteiger partial charge in [0.05, 0.1) is 17.5 Å². The molecule has 1 fully saturated rings. The average Bonchev–Trinajstić information content (AvgIpc) is 2.92. The molecule has 16 heteroatoms. The second-order valence-electron chi connectivity index (χ2n) is 9.48. The van der Waals surface area contributed by atoms with Gasteiger partial charge >= 0.3 is 30.9 Å². The number of benzene rings is 2. The third-order valence-corrected chi connectivity index (χ3v) is 6.82. The van der Waals surface area contributed by atoms with E-state index in [0.29, 0.717) is 10.5 Å². The van der Waals surface area contributed by atoms with Crippen molar-refractivity contribution in [3.63, 3.8) is 0 Å². The quantitative estimate of drug-likeness (QED) is 0.240. The van der Waals surface area contributed by atoms with E-state index in [2.05, 4.69) is 10.6 Å². The lowest BCUT2D eigenvalue weighted by Gasteiger charge is -2.37. The molecule has 2 aliphatic rings. The Bertz CT molecular complexity index is 1440. The molecule has 4 rings (SSSR count). The zero-order valence-corrected chi connectivity index (χ0v) is 21.8. The van der Waals surface area contributed by atoms with Crippen LogP contribution in [0, 0.1) is 11.6 Å². The number of para-hydroxylation sites is 1. The second kappa shape index (κ2) is 11.4. The fourth-order valence-electron chi connectivity index (χ4n) is 4.72. The molecule has 0 aliphatic carbocycles. The molecule has 0 radical (unpaired) electrons. The van der Waals surface area contributed by atoms with Crippen LogP contribution in [-0.4, -0.2) is 86.9 Å². The van der Waals surface area contributed by atoms with Crippen LogP contribution in [0.4, 0.5) is 13.6 Å². The highest BCUT2D eigenvalue weighted by Gasteiger charge is 2.43. The van der Waals surface area contributed by atoms with Crippen molar-refractivity contribution >= 4 is 36.8 Å². The number of phenols is 1. The SMILES string of the molecule is CCN1CC(C)N(C(=O)NC(C(=O)N[C@H]2Cc3cccc(C(=O)O)c3OB2O)c2ccc(O)c(F)c2F)C(=O)C1=O. The summed E-state index contributed by atoms with van der Waals surface area (Å²) in [4.78, 5) is 64.9. The Morgan fingerprint density at radius 3 is 2.51 bits per heavy atom. The van der Waals surface area contributed by atoms with Crippen molar-refractivity contribution in [2.75, 3.05) is 13.1 Å². The number of carbonyl (C=O) groups excluding carboxylic acids is 4. The summed E-state index contributed by atoms with van der Waals surface area (Å²) in [5, 5.41) is 33.9. The van der Waals surface area contributed by atoms with E-state index >= 15 is 0 Å². The Kier molecular flexibility index (Phi) is 8.14. The van der Waals surface area contributed by atoms with E-state index in [4.69, 9.17) is 4.65 Å².